The molecule has 88 valence electrons. The van der Waals surface area contributed by atoms with E-state index in [1.807, 2.05) is 44.2 Å². The van der Waals surface area contributed by atoms with E-state index in [1.165, 1.54) is 0 Å². The van der Waals surface area contributed by atoms with Gasteiger partial charge in [-0.15, -0.1) is 0 Å². The van der Waals surface area contributed by atoms with Crippen LogP contribution in [0, 0.1) is 0 Å². The molecule has 0 spiro atoms. The summed E-state index contributed by atoms with van der Waals surface area (Å²) in [5, 5.41) is 12.2. The Bertz CT molecular complexity index is 345. The van der Waals surface area contributed by atoms with E-state index in [0.29, 0.717) is 5.96 Å². The molecule has 1 atom stereocenters. The van der Waals surface area contributed by atoms with Crippen LogP contribution in [0.15, 0.2) is 35.3 Å². The highest BCUT2D eigenvalue weighted by molar-refractivity contribution is 5.92. The van der Waals surface area contributed by atoms with Crippen LogP contribution in [0.2, 0.25) is 0 Å². The summed E-state index contributed by atoms with van der Waals surface area (Å²) < 4.78 is 0. The lowest BCUT2D eigenvalue weighted by Crippen LogP contribution is -2.33. The summed E-state index contributed by atoms with van der Waals surface area (Å²) in [6.07, 6.45) is 0.737. The molecule has 1 aromatic rings. The monoisotopic (exact) mass is 221 g/mol. The van der Waals surface area contributed by atoms with E-state index in [0.717, 1.165) is 12.1 Å². The molecular formula is C12H19N3O. The minimum Gasteiger partial charge on any atom is -0.394 e. The van der Waals surface area contributed by atoms with Gasteiger partial charge in [-0.05, 0) is 25.5 Å². The molecule has 0 amide bonds. The van der Waals surface area contributed by atoms with E-state index in [2.05, 4.69) is 10.3 Å². The van der Waals surface area contributed by atoms with Crippen molar-refractivity contribution in [3.05, 3.63) is 30.3 Å². The van der Waals surface area contributed by atoms with Crippen molar-refractivity contribution < 1.29 is 5.11 Å². The largest absolute Gasteiger partial charge is 0.394 e. The van der Waals surface area contributed by atoms with E-state index in [9.17, 15) is 5.11 Å². The molecule has 0 aliphatic carbocycles. The number of hydrogen-bond donors (Lipinski definition) is 3. The van der Waals surface area contributed by atoms with Crippen LogP contribution >= 0.6 is 0 Å². The van der Waals surface area contributed by atoms with E-state index in [4.69, 9.17) is 5.73 Å². The first-order valence-corrected chi connectivity index (χ1v) is 5.38. The fourth-order valence-corrected chi connectivity index (χ4v) is 1.21. The maximum absolute atomic E-state index is 9.21. The van der Waals surface area contributed by atoms with Crippen molar-refractivity contribution in [3.63, 3.8) is 0 Å². The van der Waals surface area contributed by atoms with Crippen LogP contribution in [0.25, 0.3) is 0 Å². The fourth-order valence-electron chi connectivity index (χ4n) is 1.21. The summed E-state index contributed by atoms with van der Waals surface area (Å²) in [6, 6.07) is 9.58. The number of aliphatic imine (C=N–C) groups is 1. The maximum atomic E-state index is 9.21. The minimum atomic E-state index is -0.508. The molecule has 0 bridgehead atoms. The third kappa shape index (κ3) is 3.55. The highest BCUT2D eigenvalue weighted by Crippen LogP contribution is 2.14. The maximum Gasteiger partial charge on any atom is 0.193 e. The molecule has 4 N–H and O–H groups in total. The standard InChI is InChI=1S/C12H19N3O/c1-3-12(2,9-16)15-11(13)14-10-7-5-4-6-8-10/h4-8,16H,3,9H2,1-2H3,(H3,13,14,15). The molecule has 1 rings (SSSR count). The van der Waals surface area contributed by atoms with E-state index in [-0.39, 0.29) is 6.61 Å². The van der Waals surface area contributed by atoms with Gasteiger partial charge in [-0.2, -0.15) is 0 Å². The molecule has 0 aliphatic heterocycles. The van der Waals surface area contributed by atoms with Gasteiger partial charge in [0.15, 0.2) is 5.96 Å². The van der Waals surface area contributed by atoms with Gasteiger partial charge in [-0.1, -0.05) is 25.1 Å². The lowest BCUT2D eigenvalue weighted by atomic mass is 10.0. The van der Waals surface area contributed by atoms with Gasteiger partial charge in [0.1, 0.15) is 0 Å². The minimum absolute atomic E-state index is 0.0132. The predicted molar refractivity (Wildman–Crippen MR) is 67.5 cm³/mol. The Balaban J connectivity index is 2.72. The molecule has 0 saturated heterocycles. The van der Waals surface area contributed by atoms with Crippen LogP contribution in [-0.4, -0.2) is 23.2 Å². The van der Waals surface area contributed by atoms with Gasteiger partial charge in [0, 0.05) is 5.69 Å². The fraction of sp³-hybridized carbons (Fsp3) is 0.417. The van der Waals surface area contributed by atoms with Crippen LogP contribution in [0.4, 0.5) is 5.69 Å². The van der Waals surface area contributed by atoms with Crippen LogP contribution in [-0.2, 0) is 0 Å². The van der Waals surface area contributed by atoms with Gasteiger partial charge in [0.25, 0.3) is 0 Å². The smallest absolute Gasteiger partial charge is 0.193 e. The lowest BCUT2D eigenvalue weighted by molar-refractivity contribution is 0.206. The van der Waals surface area contributed by atoms with Gasteiger partial charge in [0.05, 0.1) is 12.1 Å². The first-order chi connectivity index (χ1) is 7.59. The third-order valence-electron chi connectivity index (χ3n) is 2.54. The summed E-state index contributed by atoms with van der Waals surface area (Å²) in [6.45, 7) is 3.82. The summed E-state index contributed by atoms with van der Waals surface area (Å²) in [5.74, 6) is 0.324. The van der Waals surface area contributed by atoms with Crippen molar-refractivity contribution in [1.82, 2.24) is 0 Å². The number of nitrogens with two attached hydrogens (primary N) is 1. The van der Waals surface area contributed by atoms with Crippen molar-refractivity contribution in [1.29, 1.82) is 0 Å². The Kier molecular flexibility index (Phi) is 4.31. The van der Waals surface area contributed by atoms with Gasteiger partial charge in [-0.25, -0.2) is 4.99 Å². The van der Waals surface area contributed by atoms with Crippen LogP contribution in [0.1, 0.15) is 20.3 Å². The predicted octanol–water partition coefficient (Wildman–Crippen LogP) is 1.57. The summed E-state index contributed by atoms with van der Waals surface area (Å²) in [4.78, 5) is 4.27. The second-order valence-corrected chi connectivity index (χ2v) is 4.00. The van der Waals surface area contributed by atoms with Crippen molar-refractivity contribution in [3.8, 4) is 0 Å². The Morgan fingerprint density at radius 2 is 2.06 bits per heavy atom. The zero-order chi connectivity index (χ0) is 12.0. The molecule has 0 fully saturated rings. The number of guanidine groups is 1. The molecule has 4 nitrogen and oxygen atoms in total. The zero-order valence-electron chi connectivity index (χ0n) is 9.77. The number of rotatable bonds is 4. The van der Waals surface area contributed by atoms with E-state index >= 15 is 0 Å². The van der Waals surface area contributed by atoms with Gasteiger partial charge in [0.2, 0.25) is 0 Å². The molecule has 0 aromatic heterocycles. The number of nitrogens with zero attached hydrogens (tertiary/aromatic N) is 1. The first kappa shape index (κ1) is 12.5. The molecule has 0 radical (unpaired) electrons. The quantitative estimate of drug-likeness (QED) is 0.534. The van der Waals surface area contributed by atoms with Crippen LogP contribution < -0.4 is 11.1 Å². The average molecular weight is 221 g/mol. The molecular weight excluding hydrogens is 202 g/mol. The molecule has 1 aromatic carbocycles. The Labute approximate surface area is 96.2 Å². The van der Waals surface area contributed by atoms with Crippen LogP contribution in [0.3, 0.4) is 0 Å². The average Bonchev–Trinajstić information content (AvgIpc) is 2.30. The van der Waals surface area contributed by atoms with E-state index < -0.39 is 5.54 Å². The van der Waals surface area contributed by atoms with Crippen molar-refractivity contribution in [2.24, 2.45) is 10.7 Å². The lowest BCUT2D eigenvalue weighted by Gasteiger charge is -2.21. The van der Waals surface area contributed by atoms with Crippen molar-refractivity contribution >= 4 is 11.6 Å². The number of hydrogen-bond acceptors (Lipinski definition) is 2. The zero-order valence-corrected chi connectivity index (χ0v) is 9.77. The molecule has 0 saturated carbocycles. The number of aliphatic hydroxyl groups is 1. The third-order valence-corrected chi connectivity index (χ3v) is 2.54. The number of para-hydroxylation sites is 1. The summed E-state index contributed by atoms with van der Waals surface area (Å²) in [5.41, 5.74) is 6.15. The number of anilines is 1. The Hall–Kier alpha value is -1.55. The van der Waals surface area contributed by atoms with Gasteiger partial charge in [-0.3, -0.25) is 0 Å². The molecule has 1 unspecified atom stereocenters. The van der Waals surface area contributed by atoms with Crippen molar-refractivity contribution in [2.75, 3.05) is 11.9 Å². The van der Waals surface area contributed by atoms with E-state index in [1.54, 1.807) is 0 Å². The number of nitrogens with one attached hydrogen (secondary N) is 1. The van der Waals surface area contributed by atoms with Crippen molar-refractivity contribution in [2.45, 2.75) is 25.8 Å². The number of aliphatic hydroxyl groups excluding tert-OH is 1. The normalized spacial score (nSPS) is 15.6. The molecule has 0 heterocycles. The molecule has 4 heteroatoms. The highest BCUT2D eigenvalue weighted by Gasteiger charge is 2.19. The molecule has 0 aliphatic rings. The van der Waals surface area contributed by atoms with Gasteiger partial charge < -0.3 is 16.2 Å². The topological polar surface area (TPSA) is 70.6 Å². The van der Waals surface area contributed by atoms with Gasteiger partial charge >= 0.3 is 0 Å². The SMILES string of the molecule is CCC(C)(CO)N=C(N)Nc1ccccc1. The Morgan fingerprint density at radius 1 is 1.44 bits per heavy atom. The number of benzene rings is 1. The second-order valence-electron chi connectivity index (χ2n) is 4.00. The highest BCUT2D eigenvalue weighted by atomic mass is 16.3. The first-order valence-electron chi connectivity index (χ1n) is 5.38. The summed E-state index contributed by atoms with van der Waals surface area (Å²) in [7, 11) is 0. The van der Waals surface area contributed by atoms with Crippen LogP contribution in [0.5, 0.6) is 0 Å². The second kappa shape index (κ2) is 5.51. The Morgan fingerprint density at radius 3 is 2.56 bits per heavy atom. The summed E-state index contributed by atoms with van der Waals surface area (Å²) >= 11 is 0. The molecule has 16 heavy (non-hydrogen) atoms.